The number of carbonyl (C=O) groups is 1. The lowest BCUT2D eigenvalue weighted by Crippen LogP contribution is -2.43. The fourth-order valence-corrected chi connectivity index (χ4v) is 6.13. The SMILES string of the molecule is CCc1ccc(OCC(=O)N(Cc2ccc(N3CCCCC3)o2)C2CCS(=O)(=O)C2)cc1. The number of sulfone groups is 1. The Morgan fingerprint density at radius 1 is 1.12 bits per heavy atom. The van der Waals surface area contributed by atoms with Gasteiger partial charge in [0.25, 0.3) is 5.91 Å². The van der Waals surface area contributed by atoms with Gasteiger partial charge in [-0.05, 0) is 55.9 Å². The summed E-state index contributed by atoms with van der Waals surface area (Å²) in [5.41, 5.74) is 1.20. The highest BCUT2D eigenvalue weighted by Gasteiger charge is 2.35. The van der Waals surface area contributed by atoms with Gasteiger partial charge in [0, 0.05) is 25.2 Å². The summed E-state index contributed by atoms with van der Waals surface area (Å²) in [5.74, 6) is 1.97. The molecule has 174 valence electrons. The van der Waals surface area contributed by atoms with Crippen molar-refractivity contribution in [3.8, 4) is 5.75 Å². The van der Waals surface area contributed by atoms with Crippen molar-refractivity contribution < 1.29 is 22.4 Å². The third-order valence-corrected chi connectivity index (χ3v) is 8.06. The van der Waals surface area contributed by atoms with Gasteiger partial charge in [-0.2, -0.15) is 0 Å². The number of ether oxygens (including phenoxy) is 1. The number of piperidine rings is 1. The van der Waals surface area contributed by atoms with Crippen LogP contribution in [0.15, 0.2) is 40.8 Å². The topological polar surface area (TPSA) is 80.1 Å². The number of hydrogen-bond acceptors (Lipinski definition) is 6. The molecule has 32 heavy (non-hydrogen) atoms. The maximum atomic E-state index is 13.1. The molecule has 0 saturated carbocycles. The summed E-state index contributed by atoms with van der Waals surface area (Å²) in [6, 6.07) is 11.1. The Kier molecular flexibility index (Phi) is 7.08. The second kappa shape index (κ2) is 9.98. The van der Waals surface area contributed by atoms with Crippen molar-refractivity contribution in [3.63, 3.8) is 0 Å². The first kappa shape index (κ1) is 22.7. The molecule has 0 bridgehead atoms. The lowest BCUT2D eigenvalue weighted by molar-refractivity contribution is -0.136. The number of furan rings is 1. The van der Waals surface area contributed by atoms with Crippen LogP contribution < -0.4 is 9.64 Å². The lowest BCUT2D eigenvalue weighted by atomic mass is 10.1. The molecule has 1 aromatic heterocycles. The second-order valence-corrected chi connectivity index (χ2v) is 10.9. The largest absolute Gasteiger partial charge is 0.484 e. The van der Waals surface area contributed by atoms with Crippen LogP contribution in [-0.4, -0.2) is 56.5 Å². The molecule has 0 radical (unpaired) electrons. The van der Waals surface area contributed by atoms with Gasteiger partial charge < -0.3 is 19.0 Å². The summed E-state index contributed by atoms with van der Waals surface area (Å²) in [6.07, 6.45) is 4.92. The van der Waals surface area contributed by atoms with Crippen LogP contribution in [0.5, 0.6) is 5.75 Å². The van der Waals surface area contributed by atoms with Crippen LogP contribution in [0.2, 0.25) is 0 Å². The van der Waals surface area contributed by atoms with E-state index in [4.69, 9.17) is 9.15 Å². The Labute approximate surface area is 190 Å². The Balaban J connectivity index is 1.44. The van der Waals surface area contributed by atoms with Gasteiger partial charge in [-0.25, -0.2) is 8.42 Å². The smallest absolute Gasteiger partial charge is 0.261 e. The minimum atomic E-state index is -3.13. The van der Waals surface area contributed by atoms with Crippen LogP contribution in [0.1, 0.15) is 43.9 Å². The van der Waals surface area contributed by atoms with Crippen LogP contribution >= 0.6 is 0 Å². The van der Waals surface area contributed by atoms with Crippen molar-refractivity contribution in [2.75, 3.05) is 36.1 Å². The van der Waals surface area contributed by atoms with Crippen molar-refractivity contribution in [1.82, 2.24) is 4.90 Å². The fraction of sp³-hybridized carbons (Fsp3) is 0.542. The normalized spacial score (nSPS) is 20.3. The molecule has 8 heteroatoms. The molecule has 1 amide bonds. The van der Waals surface area contributed by atoms with Gasteiger partial charge in [0.15, 0.2) is 22.3 Å². The van der Waals surface area contributed by atoms with Gasteiger partial charge in [-0.15, -0.1) is 0 Å². The molecule has 0 aliphatic carbocycles. The Bertz CT molecular complexity index is 1010. The van der Waals surface area contributed by atoms with E-state index in [-0.39, 0.29) is 36.6 Å². The molecule has 0 spiro atoms. The fourth-order valence-electron chi connectivity index (χ4n) is 4.40. The van der Waals surface area contributed by atoms with Crippen molar-refractivity contribution in [3.05, 3.63) is 47.7 Å². The minimum Gasteiger partial charge on any atom is -0.484 e. The second-order valence-electron chi connectivity index (χ2n) is 8.65. The molecule has 7 nitrogen and oxygen atoms in total. The van der Waals surface area contributed by atoms with E-state index in [9.17, 15) is 13.2 Å². The maximum Gasteiger partial charge on any atom is 0.261 e. The average Bonchev–Trinajstić information content (AvgIpc) is 3.42. The summed E-state index contributed by atoms with van der Waals surface area (Å²) < 4.78 is 35.9. The van der Waals surface area contributed by atoms with Crippen molar-refractivity contribution in [1.29, 1.82) is 0 Å². The molecule has 1 aromatic carbocycles. The number of hydrogen-bond donors (Lipinski definition) is 0. The quantitative estimate of drug-likeness (QED) is 0.601. The van der Waals surface area contributed by atoms with Gasteiger partial charge in [0.2, 0.25) is 0 Å². The monoisotopic (exact) mass is 460 g/mol. The molecule has 1 atom stereocenters. The summed E-state index contributed by atoms with van der Waals surface area (Å²) in [7, 11) is -3.13. The summed E-state index contributed by atoms with van der Waals surface area (Å²) in [4.78, 5) is 16.9. The lowest BCUT2D eigenvalue weighted by Gasteiger charge is -2.28. The first-order valence-corrected chi connectivity index (χ1v) is 13.3. The average molecular weight is 461 g/mol. The summed E-state index contributed by atoms with van der Waals surface area (Å²) in [5, 5.41) is 0. The van der Waals surface area contributed by atoms with Crippen LogP contribution in [0.4, 0.5) is 5.88 Å². The number of amides is 1. The molecule has 2 fully saturated rings. The zero-order valence-electron chi connectivity index (χ0n) is 18.7. The number of anilines is 1. The standard InChI is InChI=1S/C24H32N2O5S/c1-2-19-6-8-21(9-7-19)30-17-23(27)26(20-12-15-32(28,29)18-20)16-22-10-11-24(31-22)25-13-4-3-5-14-25/h6-11,20H,2-5,12-18H2,1H3. The number of benzene rings is 1. The molecule has 3 heterocycles. The molecular formula is C24H32N2O5S. The van der Waals surface area contributed by atoms with E-state index >= 15 is 0 Å². The van der Waals surface area contributed by atoms with E-state index in [0.29, 0.717) is 17.9 Å². The van der Waals surface area contributed by atoms with Crippen LogP contribution in [0.25, 0.3) is 0 Å². The van der Waals surface area contributed by atoms with Gasteiger partial charge in [-0.3, -0.25) is 4.79 Å². The Hall–Kier alpha value is -2.48. The number of nitrogens with zero attached hydrogens (tertiary/aromatic N) is 2. The Morgan fingerprint density at radius 2 is 1.88 bits per heavy atom. The van der Waals surface area contributed by atoms with Crippen LogP contribution in [-0.2, 0) is 27.6 Å². The van der Waals surface area contributed by atoms with E-state index in [1.807, 2.05) is 36.4 Å². The molecule has 2 saturated heterocycles. The first-order chi connectivity index (χ1) is 15.4. The molecular weight excluding hydrogens is 428 g/mol. The Morgan fingerprint density at radius 3 is 2.53 bits per heavy atom. The van der Waals surface area contributed by atoms with E-state index in [0.717, 1.165) is 38.2 Å². The molecule has 2 aliphatic rings. The number of rotatable bonds is 8. The van der Waals surface area contributed by atoms with Crippen LogP contribution in [0, 0.1) is 0 Å². The maximum absolute atomic E-state index is 13.1. The van der Waals surface area contributed by atoms with Crippen molar-refractivity contribution in [2.45, 2.75) is 51.6 Å². The van der Waals surface area contributed by atoms with Crippen LogP contribution in [0.3, 0.4) is 0 Å². The van der Waals surface area contributed by atoms with Gasteiger partial charge in [0.05, 0.1) is 18.1 Å². The van der Waals surface area contributed by atoms with E-state index < -0.39 is 9.84 Å². The minimum absolute atomic E-state index is 0.0103. The zero-order chi connectivity index (χ0) is 22.6. The van der Waals surface area contributed by atoms with Crippen molar-refractivity contribution >= 4 is 21.6 Å². The third kappa shape index (κ3) is 5.65. The van der Waals surface area contributed by atoms with Gasteiger partial charge in [-0.1, -0.05) is 19.1 Å². The third-order valence-electron chi connectivity index (χ3n) is 6.30. The van der Waals surface area contributed by atoms with Gasteiger partial charge >= 0.3 is 0 Å². The van der Waals surface area contributed by atoms with E-state index in [1.165, 1.54) is 12.0 Å². The summed E-state index contributed by atoms with van der Waals surface area (Å²) >= 11 is 0. The van der Waals surface area contributed by atoms with E-state index in [1.54, 1.807) is 4.90 Å². The highest BCUT2D eigenvalue weighted by atomic mass is 32.2. The molecule has 2 aromatic rings. The summed E-state index contributed by atoms with van der Waals surface area (Å²) in [6.45, 7) is 4.13. The molecule has 2 aliphatic heterocycles. The van der Waals surface area contributed by atoms with Crippen molar-refractivity contribution in [2.24, 2.45) is 0 Å². The van der Waals surface area contributed by atoms with E-state index in [2.05, 4.69) is 11.8 Å². The number of carbonyl (C=O) groups excluding carboxylic acids is 1. The highest BCUT2D eigenvalue weighted by molar-refractivity contribution is 7.91. The molecule has 0 N–H and O–H groups in total. The predicted molar refractivity (Wildman–Crippen MR) is 124 cm³/mol. The highest BCUT2D eigenvalue weighted by Crippen LogP contribution is 2.26. The first-order valence-electron chi connectivity index (χ1n) is 11.5. The van der Waals surface area contributed by atoms with Gasteiger partial charge in [0.1, 0.15) is 11.5 Å². The molecule has 4 rings (SSSR count). The molecule has 1 unspecified atom stereocenters. The zero-order valence-corrected chi connectivity index (χ0v) is 19.5. The predicted octanol–water partition coefficient (Wildman–Crippen LogP) is 3.43. The number of aryl methyl sites for hydroxylation is 1.